The van der Waals surface area contributed by atoms with Gasteiger partial charge in [-0.1, -0.05) is 12.1 Å². The molecule has 0 amide bonds. The zero-order valence-corrected chi connectivity index (χ0v) is 16.5. The number of carboxylic acids is 1. The lowest BCUT2D eigenvalue weighted by Gasteiger charge is -2.32. The van der Waals surface area contributed by atoms with Crippen LogP contribution in [0, 0.1) is 3.57 Å². The van der Waals surface area contributed by atoms with E-state index in [4.69, 9.17) is 5.11 Å². The molecule has 0 radical (unpaired) electrons. The number of halogens is 10. The summed E-state index contributed by atoms with van der Waals surface area (Å²) in [6, 6.07) is 4.61. The second kappa shape index (κ2) is 9.13. The molecule has 0 spiro atoms. The zero-order chi connectivity index (χ0) is 22.7. The van der Waals surface area contributed by atoms with Crippen molar-refractivity contribution in [3.05, 3.63) is 45.0 Å². The first kappa shape index (κ1) is 25.6. The Morgan fingerprint density at radius 2 is 1.55 bits per heavy atom. The summed E-state index contributed by atoms with van der Waals surface area (Å²) < 4.78 is 115. The molecule has 0 heterocycles. The largest absolute Gasteiger partial charge is 0.478 e. The first-order valence-electron chi connectivity index (χ1n) is 7.94. The highest BCUT2D eigenvalue weighted by Gasteiger charge is 2.81. The highest BCUT2D eigenvalue weighted by atomic mass is 127. The average molecular weight is 548 g/mol. The van der Waals surface area contributed by atoms with Gasteiger partial charge < -0.3 is 5.11 Å². The summed E-state index contributed by atoms with van der Waals surface area (Å²) in [6.45, 7) is 0. The number of unbranched alkanes of at least 4 members (excludes halogenated alkanes) is 2. The summed E-state index contributed by atoms with van der Waals surface area (Å²) in [6.07, 6.45) is -6.89. The molecule has 0 saturated carbocycles. The SMILES string of the molecule is O=C(O)c1cc(I)ccc1CCCCC=CC(F)(F)C(F)(F)C(F)(F)C(F)(F)F. The van der Waals surface area contributed by atoms with Crippen molar-refractivity contribution >= 4 is 28.6 Å². The fourth-order valence-electron chi connectivity index (χ4n) is 2.27. The van der Waals surface area contributed by atoms with Crippen LogP contribution >= 0.6 is 22.6 Å². The third-order valence-corrected chi connectivity index (χ3v) is 4.54. The smallest absolute Gasteiger partial charge is 0.460 e. The Balaban J connectivity index is 2.70. The van der Waals surface area contributed by atoms with E-state index in [1.54, 1.807) is 12.1 Å². The second-order valence-electron chi connectivity index (χ2n) is 6.02. The van der Waals surface area contributed by atoms with E-state index in [0.29, 0.717) is 15.2 Å². The molecular formula is C17H14F9IO2. The van der Waals surface area contributed by atoms with E-state index >= 15 is 0 Å². The summed E-state index contributed by atoms with van der Waals surface area (Å²) in [4.78, 5) is 11.2. The number of rotatable bonds is 9. The molecule has 0 aliphatic rings. The molecule has 0 atom stereocenters. The maximum atomic E-state index is 13.3. The monoisotopic (exact) mass is 548 g/mol. The number of aryl methyl sites for hydroxylation is 1. The zero-order valence-electron chi connectivity index (χ0n) is 14.4. The third kappa shape index (κ3) is 5.79. The predicted octanol–water partition coefficient (Wildman–Crippen LogP) is 6.73. The van der Waals surface area contributed by atoms with Crippen molar-refractivity contribution in [1.29, 1.82) is 0 Å². The van der Waals surface area contributed by atoms with Gasteiger partial charge in [0.2, 0.25) is 0 Å². The minimum absolute atomic E-state index is 0.0352. The summed E-state index contributed by atoms with van der Waals surface area (Å²) in [7, 11) is 0. The molecule has 164 valence electrons. The highest BCUT2D eigenvalue weighted by molar-refractivity contribution is 14.1. The molecule has 1 aromatic carbocycles. The fraction of sp³-hybridized carbons (Fsp3) is 0.471. The van der Waals surface area contributed by atoms with Crippen LogP contribution in [-0.4, -0.2) is 35.0 Å². The van der Waals surface area contributed by atoms with Crippen LogP contribution < -0.4 is 0 Å². The normalized spacial score (nSPS) is 13.9. The predicted molar refractivity (Wildman–Crippen MR) is 93.7 cm³/mol. The Morgan fingerprint density at radius 1 is 0.966 bits per heavy atom. The van der Waals surface area contributed by atoms with E-state index in [1.807, 2.05) is 22.6 Å². The molecule has 29 heavy (non-hydrogen) atoms. The Bertz CT molecular complexity index is 758. The maximum absolute atomic E-state index is 13.3. The lowest BCUT2D eigenvalue weighted by molar-refractivity contribution is -0.388. The molecular weight excluding hydrogens is 534 g/mol. The van der Waals surface area contributed by atoms with Gasteiger partial charge in [0.1, 0.15) is 0 Å². The van der Waals surface area contributed by atoms with Gasteiger partial charge in [-0.15, -0.1) is 0 Å². The molecule has 0 aromatic heterocycles. The van der Waals surface area contributed by atoms with Crippen LogP contribution in [0.25, 0.3) is 0 Å². The minimum Gasteiger partial charge on any atom is -0.478 e. The van der Waals surface area contributed by atoms with Gasteiger partial charge in [0.25, 0.3) is 0 Å². The molecule has 1 rings (SSSR count). The Kier molecular flexibility index (Phi) is 8.05. The number of allylic oxidation sites excluding steroid dienone is 2. The first-order chi connectivity index (χ1) is 13.0. The Labute approximate surface area is 172 Å². The van der Waals surface area contributed by atoms with E-state index in [2.05, 4.69) is 0 Å². The molecule has 0 bridgehead atoms. The van der Waals surface area contributed by atoms with Crippen LogP contribution in [0.2, 0.25) is 0 Å². The second-order valence-corrected chi connectivity index (χ2v) is 7.27. The van der Waals surface area contributed by atoms with E-state index in [0.717, 1.165) is 0 Å². The molecule has 0 aliphatic heterocycles. The average Bonchev–Trinajstić information content (AvgIpc) is 2.57. The van der Waals surface area contributed by atoms with Crippen LogP contribution in [0.5, 0.6) is 0 Å². The lowest BCUT2D eigenvalue weighted by Crippen LogP contribution is -2.60. The van der Waals surface area contributed by atoms with E-state index in [-0.39, 0.29) is 31.2 Å². The number of carbonyl (C=O) groups is 1. The molecule has 0 fully saturated rings. The van der Waals surface area contributed by atoms with Crippen molar-refractivity contribution in [2.75, 3.05) is 0 Å². The number of benzene rings is 1. The topological polar surface area (TPSA) is 37.3 Å². The van der Waals surface area contributed by atoms with Crippen molar-refractivity contribution < 1.29 is 49.4 Å². The number of aromatic carboxylic acids is 1. The van der Waals surface area contributed by atoms with Crippen molar-refractivity contribution in [3.63, 3.8) is 0 Å². The molecule has 12 heteroatoms. The van der Waals surface area contributed by atoms with Crippen LogP contribution in [0.1, 0.15) is 35.2 Å². The summed E-state index contributed by atoms with van der Waals surface area (Å²) >= 11 is 1.91. The van der Waals surface area contributed by atoms with E-state index in [9.17, 15) is 44.3 Å². The molecule has 0 unspecified atom stereocenters. The van der Waals surface area contributed by atoms with Gasteiger partial charge in [-0.2, -0.15) is 39.5 Å². The van der Waals surface area contributed by atoms with Gasteiger partial charge in [-0.3, -0.25) is 0 Å². The molecule has 1 N–H and O–H groups in total. The van der Waals surface area contributed by atoms with Gasteiger partial charge >= 0.3 is 29.9 Å². The van der Waals surface area contributed by atoms with Gasteiger partial charge in [0.05, 0.1) is 5.56 Å². The number of hydrogen-bond donors (Lipinski definition) is 1. The standard InChI is InChI=1S/C17H14F9IO2/c18-14(19,15(20,21)16(22,23)17(24,25)26)8-4-2-1-3-5-10-6-7-11(27)9-12(10)13(28)29/h4,6-9H,1-3,5H2,(H,28,29). The van der Waals surface area contributed by atoms with Gasteiger partial charge in [-0.05, 0) is 72.0 Å². The highest BCUT2D eigenvalue weighted by Crippen LogP contribution is 2.53. The first-order valence-corrected chi connectivity index (χ1v) is 9.02. The summed E-state index contributed by atoms with van der Waals surface area (Å²) in [5, 5.41) is 9.11. The minimum atomic E-state index is -6.91. The van der Waals surface area contributed by atoms with Gasteiger partial charge in [-0.25, -0.2) is 4.79 Å². The molecule has 1 aromatic rings. The molecule has 2 nitrogen and oxygen atoms in total. The lowest BCUT2D eigenvalue weighted by atomic mass is 10.0. The van der Waals surface area contributed by atoms with Crippen molar-refractivity contribution in [3.8, 4) is 0 Å². The van der Waals surface area contributed by atoms with Gasteiger partial charge in [0.15, 0.2) is 0 Å². The van der Waals surface area contributed by atoms with Crippen molar-refractivity contribution in [1.82, 2.24) is 0 Å². The number of hydrogen-bond acceptors (Lipinski definition) is 1. The number of alkyl halides is 9. The Morgan fingerprint density at radius 3 is 2.07 bits per heavy atom. The van der Waals surface area contributed by atoms with Crippen LogP contribution in [0.4, 0.5) is 39.5 Å². The van der Waals surface area contributed by atoms with Crippen LogP contribution in [0.3, 0.4) is 0 Å². The molecule has 0 saturated heterocycles. The van der Waals surface area contributed by atoms with E-state index in [1.165, 1.54) is 6.07 Å². The third-order valence-electron chi connectivity index (χ3n) is 3.87. The Hall–Kier alpha value is -1.47. The number of carboxylic acid groups (broad SMARTS) is 1. The van der Waals surface area contributed by atoms with Crippen molar-refractivity contribution in [2.24, 2.45) is 0 Å². The maximum Gasteiger partial charge on any atom is 0.460 e. The summed E-state index contributed by atoms with van der Waals surface area (Å²) in [5.41, 5.74) is 0.483. The van der Waals surface area contributed by atoms with Crippen molar-refractivity contribution in [2.45, 2.75) is 49.6 Å². The fourth-order valence-corrected chi connectivity index (χ4v) is 2.76. The quantitative estimate of drug-likeness (QED) is 0.161. The van der Waals surface area contributed by atoms with E-state index < -0.39 is 36.0 Å². The summed E-state index contributed by atoms with van der Waals surface area (Å²) in [5.74, 6) is -20.5. The molecule has 0 aliphatic carbocycles. The van der Waals surface area contributed by atoms with Crippen LogP contribution in [-0.2, 0) is 6.42 Å². The van der Waals surface area contributed by atoms with Gasteiger partial charge in [0, 0.05) is 3.57 Å². The van der Waals surface area contributed by atoms with Crippen LogP contribution in [0.15, 0.2) is 30.4 Å².